The molecule has 0 saturated heterocycles. The molecule has 5 N–H and O–H groups in total. The third-order valence-electron chi connectivity index (χ3n) is 3.70. The van der Waals surface area contributed by atoms with Crippen molar-refractivity contribution in [3.8, 4) is 0 Å². The molecule has 4 atom stereocenters. The Bertz CT molecular complexity index is 391. The minimum Gasteiger partial charge on any atom is -0.387 e. The van der Waals surface area contributed by atoms with E-state index in [1.807, 2.05) is 16.9 Å². The molecule has 1 fully saturated rings. The minimum atomic E-state index is -0.163. The normalized spacial score (nSPS) is 32.3. The van der Waals surface area contributed by atoms with Gasteiger partial charge in [0.15, 0.2) is 0 Å². The van der Waals surface area contributed by atoms with Crippen LogP contribution < -0.4 is 11.5 Å². The van der Waals surface area contributed by atoms with E-state index >= 15 is 0 Å². The standard InChI is InChI=1S/C12H21N5O/c1-18-10-6-8(7-17-4-2-3-16-17)5-9(13)11(10)12(14)15/h2-4,8-11H,5-7,13H2,1H3,(H3,14,15). The fourth-order valence-corrected chi connectivity index (χ4v) is 2.87. The average molecular weight is 251 g/mol. The molecule has 6 nitrogen and oxygen atoms in total. The Labute approximate surface area is 107 Å². The molecule has 0 bridgehead atoms. The molecule has 0 spiro atoms. The summed E-state index contributed by atoms with van der Waals surface area (Å²) in [6.07, 6.45) is 5.38. The van der Waals surface area contributed by atoms with Gasteiger partial charge in [0.25, 0.3) is 0 Å². The first-order valence-corrected chi connectivity index (χ1v) is 6.21. The lowest BCUT2D eigenvalue weighted by Crippen LogP contribution is -2.52. The molecule has 6 heteroatoms. The van der Waals surface area contributed by atoms with E-state index in [0.717, 1.165) is 19.4 Å². The number of hydrogen-bond donors (Lipinski definition) is 3. The van der Waals surface area contributed by atoms with Crippen LogP contribution in [0, 0.1) is 17.2 Å². The van der Waals surface area contributed by atoms with Crippen molar-refractivity contribution in [3.63, 3.8) is 0 Å². The van der Waals surface area contributed by atoms with Crippen LogP contribution in [0.4, 0.5) is 0 Å². The number of hydrogen-bond acceptors (Lipinski definition) is 4. The lowest BCUT2D eigenvalue weighted by molar-refractivity contribution is 0.0151. The Hall–Kier alpha value is -1.40. The first-order valence-electron chi connectivity index (χ1n) is 6.21. The van der Waals surface area contributed by atoms with Crippen molar-refractivity contribution in [1.29, 1.82) is 5.41 Å². The predicted octanol–water partition coefficient (Wildman–Crippen LogP) is 0.188. The molecule has 18 heavy (non-hydrogen) atoms. The van der Waals surface area contributed by atoms with Crippen LogP contribution >= 0.6 is 0 Å². The van der Waals surface area contributed by atoms with Gasteiger partial charge in [-0.25, -0.2) is 0 Å². The van der Waals surface area contributed by atoms with Crippen LogP contribution in [0.2, 0.25) is 0 Å². The molecule has 0 amide bonds. The van der Waals surface area contributed by atoms with Gasteiger partial charge in [-0.05, 0) is 24.8 Å². The number of ether oxygens (including phenoxy) is 1. The Morgan fingerprint density at radius 2 is 2.33 bits per heavy atom. The summed E-state index contributed by atoms with van der Waals surface area (Å²) in [7, 11) is 1.66. The molecule has 0 aromatic carbocycles. The second kappa shape index (κ2) is 5.49. The van der Waals surface area contributed by atoms with E-state index in [0.29, 0.717) is 5.92 Å². The number of aromatic nitrogens is 2. The van der Waals surface area contributed by atoms with Crippen LogP contribution in [0.5, 0.6) is 0 Å². The van der Waals surface area contributed by atoms with Gasteiger partial charge in [-0.15, -0.1) is 0 Å². The fourth-order valence-electron chi connectivity index (χ4n) is 2.87. The lowest BCUT2D eigenvalue weighted by atomic mass is 9.76. The summed E-state index contributed by atoms with van der Waals surface area (Å²) in [4.78, 5) is 0. The molecule has 1 saturated carbocycles. The molecular formula is C12H21N5O. The van der Waals surface area contributed by atoms with Crippen LogP contribution in [-0.2, 0) is 11.3 Å². The number of rotatable bonds is 4. The van der Waals surface area contributed by atoms with Crippen LogP contribution in [0.25, 0.3) is 0 Å². The van der Waals surface area contributed by atoms with Crippen LogP contribution in [0.15, 0.2) is 18.5 Å². The summed E-state index contributed by atoms with van der Waals surface area (Å²) in [5.41, 5.74) is 11.7. The van der Waals surface area contributed by atoms with Gasteiger partial charge in [-0.3, -0.25) is 10.1 Å². The zero-order valence-corrected chi connectivity index (χ0v) is 10.6. The number of nitrogens with one attached hydrogen (secondary N) is 1. The topological polar surface area (TPSA) is 103 Å². The monoisotopic (exact) mass is 251 g/mol. The molecule has 0 radical (unpaired) electrons. The van der Waals surface area contributed by atoms with Crippen LogP contribution in [0.1, 0.15) is 12.8 Å². The minimum absolute atomic E-state index is 0.0631. The SMILES string of the molecule is COC1CC(Cn2cccn2)CC(N)C1C(=N)N. The van der Waals surface area contributed by atoms with E-state index in [1.165, 1.54) is 0 Å². The highest BCUT2D eigenvalue weighted by molar-refractivity contribution is 5.81. The summed E-state index contributed by atoms with van der Waals surface area (Å²) in [5, 5.41) is 11.8. The molecule has 1 aliphatic carbocycles. The van der Waals surface area contributed by atoms with E-state index in [2.05, 4.69) is 5.10 Å². The van der Waals surface area contributed by atoms with Gasteiger partial charge in [0.05, 0.1) is 17.9 Å². The number of amidine groups is 1. The van der Waals surface area contributed by atoms with Gasteiger partial charge in [-0.1, -0.05) is 0 Å². The molecule has 0 aliphatic heterocycles. The van der Waals surface area contributed by atoms with Gasteiger partial charge in [-0.2, -0.15) is 5.10 Å². The van der Waals surface area contributed by atoms with Crippen molar-refractivity contribution >= 4 is 5.84 Å². The lowest BCUT2D eigenvalue weighted by Gasteiger charge is -2.38. The molecule has 4 unspecified atom stereocenters. The predicted molar refractivity (Wildman–Crippen MR) is 69.1 cm³/mol. The second-order valence-corrected chi connectivity index (χ2v) is 4.98. The number of methoxy groups -OCH3 is 1. The molecule has 100 valence electrons. The summed E-state index contributed by atoms with van der Waals surface area (Å²) < 4.78 is 7.37. The van der Waals surface area contributed by atoms with Gasteiger partial charge >= 0.3 is 0 Å². The largest absolute Gasteiger partial charge is 0.387 e. The quantitative estimate of drug-likeness (QED) is 0.525. The van der Waals surface area contributed by atoms with Crippen LogP contribution in [0.3, 0.4) is 0 Å². The molecule has 2 rings (SSSR count). The highest BCUT2D eigenvalue weighted by Crippen LogP contribution is 2.31. The maximum atomic E-state index is 7.62. The number of nitrogens with zero attached hydrogens (tertiary/aromatic N) is 2. The van der Waals surface area contributed by atoms with E-state index in [4.69, 9.17) is 21.6 Å². The molecule has 1 aliphatic rings. The average Bonchev–Trinajstić information content (AvgIpc) is 2.80. The Morgan fingerprint density at radius 3 is 2.89 bits per heavy atom. The van der Waals surface area contributed by atoms with E-state index in [9.17, 15) is 0 Å². The van der Waals surface area contributed by atoms with Gasteiger partial charge in [0.1, 0.15) is 0 Å². The summed E-state index contributed by atoms with van der Waals surface area (Å²) in [5.74, 6) is 0.385. The van der Waals surface area contributed by atoms with E-state index < -0.39 is 0 Å². The van der Waals surface area contributed by atoms with Crippen LogP contribution in [-0.4, -0.2) is 34.9 Å². The molecule has 1 aromatic heterocycles. The zero-order valence-electron chi connectivity index (χ0n) is 10.6. The maximum Gasteiger partial charge on any atom is 0.0979 e. The van der Waals surface area contributed by atoms with Crippen molar-refractivity contribution in [3.05, 3.63) is 18.5 Å². The number of nitrogens with two attached hydrogens (primary N) is 2. The van der Waals surface area contributed by atoms with Gasteiger partial charge in [0, 0.05) is 32.1 Å². The maximum absolute atomic E-state index is 7.62. The highest BCUT2D eigenvalue weighted by Gasteiger charge is 2.38. The van der Waals surface area contributed by atoms with E-state index in [-0.39, 0.29) is 23.9 Å². The zero-order chi connectivity index (χ0) is 13.1. The Balaban J connectivity index is 2.03. The van der Waals surface area contributed by atoms with Crippen molar-refractivity contribution in [1.82, 2.24) is 9.78 Å². The Kier molecular flexibility index (Phi) is 3.98. The highest BCUT2D eigenvalue weighted by atomic mass is 16.5. The first-order chi connectivity index (χ1) is 8.61. The van der Waals surface area contributed by atoms with Crippen molar-refractivity contribution in [2.24, 2.45) is 23.3 Å². The van der Waals surface area contributed by atoms with Crippen molar-refractivity contribution in [2.75, 3.05) is 7.11 Å². The molecular weight excluding hydrogens is 230 g/mol. The third kappa shape index (κ3) is 2.70. The van der Waals surface area contributed by atoms with Crippen molar-refractivity contribution in [2.45, 2.75) is 31.5 Å². The van der Waals surface area contributed by atoms with Gasteiger partial charge < -0.3 is 16.2 Å². The summed E-state index contributed by atoms with van der Waals surface area (Å²) in [6.45, 7) is 0.838. The van der Waals surface area contributed by atoms with E-state index in [1.54, 1.807) is 13.3 Å². The molecule has 1 aromatic rings. The third-order valence-corrected chi connectivity index (χ3v) is 3.70. The first kappa shape index (κ1) is 13.0. The summed E-state index contributed by atoms with van der Waals surface area (Å²) >= 11 is 0. The smallest absolute Gasteiger partial charge is 0.0979 e. The van der Waals surface area contributed by atoms with Gasteiger partial charge in [0.2, 0.25) is 0 Å². The molecule has 1 heterocycles. The summed E-state index contributed by atoms with van der Waals surface area (Å²) in [6, 6.07) is 1.80. The van der Waals surface area contributed by atoms with Crippen molar-refractivity contribution < 1.29 is 4.74 Å². The Morgan fingerprint density at radius 1 is 1.56 bits per heavy atom. The second-order valence-electron chi connectivity index (χ2n) is 4.98. The fraction of sp³-hybridized carbons (Fsp3) is 0.667.